The highest BCUT2D eigenvalue weighted by molar-refractivity contribution is 5.98. The summed E-state index contributed by atoms with van der Waals surface area (Å²) in [5.41, 5.74) is 0.498. The molecule has 0 unspecified atom stereocenters. The first kappa shape index (κ1) is 23.7. The first-order valence-corrected chi connectivity index (χ1v) is 12.1. The number of likely N-dealkylation sites (tertiary alicyclic amines) is 1. The molecule has 1 saturated heterocycles. The number of anilines is 2. The quantitative estimate of drug-likeness (QED) is 0.422. The Morgan fingerprint density at radius 2 is 1.90 bits per heavy atom. The predicted octanol–water partition coefficient (Wildman–Crippen LogP) is 2.87. The van der Waals surface area contributed by atoms with E-state index < -0.39 is 0 Å². The fourth-order valence-electron chi connectivity index (χ4n) is 4.37. The van der Waals surface area contributed by atoms with E-state index in [9.17, 15) is 9.90 Å². The van der Waals surface area contributed by atoms with Gasteiger partial charge >= 0.3 is 0 Å². The van der Waals surface area contributed by atoms with Crippen LogP contribution in [0.3, 0.4) is 0 Å². The SMILES string of the molecule is CCCCNc1ncc(C(=O)NCC2CCN(CC)CC2)c(NC2CCC(O)CC2)n1. The fourth-order valence-corrected chi connectivity index (χ4v) is 4.37. The molecule has 1 aromatic heterocycles. The Bertz CT molecular complexity index is 685. The first-order chi connectivity index (χ1) is 15.1. The van der Waals surface area contributed by atoms with Crippen LogP contribution in [0.15, 0.2) is 6.20 Å². The van der Waals surface area contributed by atoms with Gasteiger partial charge in [-0.3, -0.25) is 4.79 Å². The van der Waals surface area contributed by atoms with E-state index in [2.05, 4.69) is 44.7 Å². The third-order valence-electron chi connectivity index (χ3n) is 6.59. The maximum atomic E-state index is 13.0. The molecule has 0 atom stereocenters. The summed E-state index contributed by atoms with van der Waals surface area (Å²) >= 11 is 0. The Balaban J connectivity index is 1.63. The van der Waals surface area contributed by atoms with Crippen molar-refractivity contribution >= 4 is 17.7 Å². The van der Waals surface area contributed by atoms with Crippen LogP contribution in [0.5, 0.6) is 0 Å². The molecule has 0 radical (unpaired) electrons. The van der Waals surface area contributed by atoms with E-state index in [0.717, 1.165) is 77.5 Å². The zero-order chi connectivity index (χ0) is 22.1. The van der Waals surface area contributed by atoms with Gasteiger partial charge in [0.25, 0.3) is 5.91 Å². The van der Waals surface area contributed by atoms with Crippen LogP contribution < -0.4 is 16.0 Å². The van der Waals surface area contributed by atoms with Gasteiger partial charge in [0.15, 0.2) is 0 Å². The van der Waals surface area contributed by atoms with Crippen LogP contribution in [-0.4, -0.2) is 70.8 Å². The molecular formula is C23H40N6O2. The van der Waals surface area contributed by atoms with Crippen molar-refractivity contribution in [1.29, 1.82) is 0 Å². The number of carbonyl (C=O) groups is 1. The lowest BCUT2D eigenvalue weighted by atomic mass is 9.93. The van der Waals surface area contributed by atoms with Crippen LogP contribution in [-0.2, 0) is 0 Å². The molecule has 8 heteroatoms. The van der Waals surface area contributed by atoms with Gasteiger partial charge in [0.2, 0.25) is 5.95 Å². The van der Waals surface area contributed by atoms with E-state index in [1.807, 2.05) is 0 Å². The van der Waals surface area contributed by atoms with Gasteiger partial charge in [0.05, 0.1) is 6.10 Å². The molecule has 1 aromatic rings. The monoisotopic (exact) mass is 432 g/mol. The standard InChI is InChI=1S/C23H40N6O2/c1-3-5-12-24-23-26-16-20(21(28-23)27-18-6-8-19(30)9-7-18)22(31)25-15-17-10-13-29(4-2)14-11-17/h16-19,30H,3-15H2,1-2H3,(H,25,31)(H2,24,26,27,28). The predicted molar refractivity (Wildman–Crippen MR) is 124 cm³/mol. The summed E-state index contributed by atoms with van der Waals surface area (Å²) in [6.45, 7) is 9.17. The van der Waals surface area contributed by atoms with Gasteiger partial charge in [0, 0.05) is 25.3 Å². The van der Waals surface area contributed by atoms with E-state index in [4.69, 9.17) is 0 Å². The van der Waals surface area contributed by atoms with Crippen LogP contribution in [0, 0.1) is 5.92 Å². The Kier molecular flexibility index (Phi) is 9.33. The number of amides is 1. The van der Waals surface area contributed by atoms with E-state index >= 15 is 0 Å². The molecule has 2 aliphatic rings. The summed E-state index contributed by atoms with van der Waals surface area (Å²) in [6.07, 6.45) is 9.13. The third kappa shape index (κ3) is 7.31. The lowest BCUT2D eigenvalue weighted by molar-refractivity contribution is 0.0936. The Labute approximate surface area is 186 Å². The number of nitrogens with zero attached hydrogens (tertiary/aromatic N) is 3. The fraction of sp³-hybridized carbons (Fsp3) is 0.783. The molecule has 0 aromatic carbocycles. The molecule has 2 heterocycles. The Hall–Kier alpha value is -1.93. The maximum Gasteiger partial charge on any atom is 0.256 e. The van der Waals surface area contributed by atoms with Gasteiger partial charge in [-0.1, -0.05) is 20.3 Å². The van der Waals surface area contributed by atoms with Gasteiger partial charge in [0.1, 0.15) is 11.4 Å². The molecule has 2 fully saturated rings. The van der Waals surface area contributed by atoms with Crippen molar-refractivity contribution in [2.75, 3.05) is 43.4 Å². The maximum absolute atomic E-state index is 13.0. The van der Waals surface area contributed by atoms with Crippen molar-refractivity contribution < 1.29 is 9.90 Å². The minimum atomic E-state index is -0.211. The van der Waals surface area contributed by atoms with E-state index in [1.165, 1.54) is 0 Å². The zero-order valence-corrected chi connectivity index (χ0v) is 19.2. The summed E-state index contributed by atoms with van der Waals surface area (Å²) in [4.78, 5) is 24.5. The highest BCUT2D eigenvalue weighted by Crippen LogP contribution is 2.24. The number of hydrogen-bond acceptors (Lipinski definition) is 7. The highest BCUT2D eigenvalue weighted by Gasteiger charge is 2.24. The topological polar surface area (TPSA) is 102 Å². The van der Waals surface area contributed by atoms with Crippen molar-refractivity contribution in [3.05, 3.63) is 11.8 Å². The largest absolute Gasteiger partial charge is 0.393 e. The number of aromatic nitrogens is 2. The second kappa shape index (κ2) is 12.2. The number of hydrogen-bond donors (Lipinski definition) is 4. The van der Waals surface area contributed by atoms with E-state index in [-0.39, 0.29) is 18.1 Å². The Morgan fingerprint density at radius 3 is 2.58 bits per heavy atom. The van der Waals surface area contributed by atoms with Crippen molar-refractivity contribution in [3.63, 3.8) is 0 Å². The third-order valence-corrected chi connectivity index (χ3v) is 6.59. The second-order valence-corrected chi connectivity index (χ2v) is 8.97. The highest BCUT2D eigenvalue weighted by atomic mass is 16.3. The van der Waals surface area contributed by atoms with Crippen LogP contribution in [0.2, 0.25) is 0 Å². The normalized spacial score (nSPS) is 22.8. The van der Waals surface area contributed by atoms with Crippen LogP contribution in [0.4, 0.5) is 11.8 Å². The van der Waals surface area contributed by atoms with Crippen molar-refractivity contribution in [1.82, 2.24) is 20.2 Å². The molecule has 1 aliphatic heterocycles. The number of unbranched alkanes of at least 4 members (excludes halogenated alkanes) is 1. The minimum Gasteiger partial charge on any atom is -0.393 e. The van der Waals surface area contributed by atoms with Gasteiger partial charge in [-0.25, -0.2) is 4.98 Å². The molecule has 1 saturated carbocycles. The molecule has 0 bridgehead atoms. The molecule has 1 amide bonds. The van der Waals surface area contributed by atoms with Crippen molar-refractivity contribution in [3.8, 4) is 0 Å². The summed E-state index contributed by atoms with van der Waals surface area (Å²) in [6, 6.07) is 0.215. The molecular weight excluding hydrogens is 392 g/mol. The average Bonchev–Trinajstić information content (AvgIpc) is 2.80. The molecule has 174 valence electrons. The van der Waals surface area contributed by atoms with Crippen molar-refractivity contribution in [2.24, 2.45) is 5.92 Å². The van der Waals surface area contributed by atoms with Gasteiger partial charge in [-0.2, -0.15) is 4.98 Å². The van der Waals surface area contributed by atoms with Gasteiger partial charge in [-0.05, 0) is 70.5 Å². The molecule has 4 N–H and O–H groups in total. The average molecular weight is 433 g/mol. The Morgan fingerprint density at radius 1 is 1.16 bits per heavy atom. The van der Waals surface area contributed by atoms with E-state index in [0.29, 0.717) is 29.8 Å². The number of aliphatic hydroxyl groups excluding tert-OH is 1. The molecule has 31 heavy (non-hydrogen) atoms. The number of carbonyl (C=O) groups excluding carboxylic acids is 1. The molecule has 1 aliphatic carbocycles. The summed E-state index contributed by atoms with van der Waals surface area (Å²) < 4.78 is 0. The zero-order valence-electron chi connectivity index (χ0n) is 19.2. The summed E-state index contributed by atoms with van der Waals surface area (Å²) in [5, 5.41) is 19.6. The number of rotatable bonds is 10. The smallest absolute Gasteiger partial charge is 0.256 e. The number of aliphatic hydroxyl groups is 1. The number of piperidine rings is 1. The molecule has 3 rings (SSSR count). The van der Waals surface area contributed by atoms with Gasteiger partial charge < -0.3 is 26.0 Å². The summed E-state index contributed by atoms with van der Waals surface area (Å²) in [5.74, 6) is 1.55. The van der Waals surface area contributed by atoms with E-state index in [1.54, 1.807) is 6.20 Å². The molecule has 0 spiro atoms. The summed E-state index contributed by atoms with van der Waals surface area (Å²) in [7, 11) is 0. The minimum absolute atomic E-state index is 0.114. The second-order valence-electron chi connectivity index (χ2n) is 8.97. The number of nitrogens with one attached hydrogen (secondary N) is 3. The van der Waals surface area contributed by atoms with Crippen molar-refractivity contribution in [2.45, 2.75) is 77.4 Å². The van der Waals surface area contributed by atoms with Crippen LogP contribution >= 0.6 is 0 Å². The lowest BCUT2D eigenvalue weighted by Crippen LogP contribution is -2.38. The van der Waals surface area contributed by atoms with Crippen LogP contribution in [0.25, 0.3) is 0 Å². The molecule has 8 nitrogen and oxygen atoms in total. The first-order valence-electron chi connectivity index (χ1n) is 12.1. The van der Waals surface area contributed by atoms with Crippen LogP contribution in [0.1, 0.15) is 75.6 Å². The lowest BCUT2D eigenvalue weighted by Gasteiger charge is -2.31. The van der Waals surface area contributed by atoms with Gasteiger partial charge in [-0.15, -0.1) is 0 Å².